The van der Waals surface area contributed by atoms with Gasteiger partial charge in [0, 0.05) is 5.92 Å². The molecular weight excluding hydrogens is 178 g/mol. The number of aryl methyl sites for hydroxylation is 1. The SMILES string of the molecule is Cc1cccc2nc(C(C)C)sc12. The van der Waals surface area contributed by atoms with E-state index in [9.17, 15) is 0 Å². The summed E-state index contributed by atoms with van der Waals surface area (Å²) in [5.74, 6) is 0.539. The summed E-state index contributed by atoms with van der Waals surface area (Å²) >= 11 is 1.82. The average Bonchev–Trinajstić information content (AvgIpc) is 2.49. The van der Waals surface area contributed by atoms with Crippen LogP contribution in [0.5, 0.6) is 0 Å². The van der Waals surface area contributed by atoms with Gasteiger partial charge in [-0.05, 0) is 18.6 Å². The first-order valence-corrected chi connectivity index (χ1v) is 5.36. The lowest BCUT2D eigenvalue weighted by atomic mass is 10.2. The molecule has 0 atom stereocenters. The molecule has 0 fully saturated rings. The number of hydrogen-bond donors (Lipinski definition) is 0. The molecule has 0 radical (unpaired) electrons. The molecule has 13 heavy (non-hydrogen) atoms. The van der Waals surface area contributed by atoms with E-state index in [0.717, 1.165) is 5.52 Å². The Labute approximate surface area is 82.4 Å². The van der Waals surface area contributed by atoms with Crippen molar-refractivity contribution in [2.75, 3.05) is 0 Å². The zero-order valence-electron chi connectivity index (χ0n) is 8.16. The highest BCUT2D eigenvalue weighted by Gasteiger charge is 2.07. The van der Waals surface area contributed by atoms with Gasteiger partial charge in [-0.3, -0.25) is 0 Å². The highest BCUT2D eigenvalue weighted by Crippen LogP contribution is 2.29. The van der Waals surface area contributed by atoms with Gasteiger partial charge in [-0.25, -0.2) is 4.98 Å². The highest BCUT2D eigenvalue weighted by molar-refractivity contribution is 7.18. The molecular formula is C11H13NS. The van der Waals surface area contributed by atoms with Gasteiger partial charge in [-0.2, -0.15) is 0 Å². The van der Waals surface area contributed by atoms with Crippen molar-refractivity contribution in [3.63, 3.8) is 0 Å². The molecule has 0 aliphatic carbocycles. The molecule has 1 aromatic heterocycles. The second-order valence-electron chi connectivity index (χ2n) is 3.63. The predicted octanol–water partition coefficient (Wildman–Crippen LogP) is 3.73. The Bertz CT molecular complexity index is 429. The van der Waals surface area contributed by atoms with Crippen LogP contribution in [0.25, 0.3) is 10.2 Å². The zero-order chi connectivity index (χ0) is 9.42. The molecule has 0 amide bonds. The van der Waals surface area contributed by atoms with Crippen molar-refractivity contribution in [1.82, 2.24) is 4.98 Å². The first kappa shape index (κ1) is 8.70. The molecule has 0 saturated carbocycles. The Kier molecular flexibility index (Phi) is 2.08. The molecule has 0 saturated heterocycles. The van der Waals surface area contributed by atoms with Gasteiger partial charge in [0.15, 0.2) is 0 Å². The van der Waals surface area contributed by atoms with Crippen LogP contribution < -0.4 is 0 Å². The van der Waals surface area contributed by atoms with Crippen LogP contribution in [-0.2, 0) is 0 Å². The van der Waals surface area contributed by atoms with Crippen LogP contribution in [0.15, 0.2) is 18.2 Å². The van der Waals surface area contributed by atoms with E-state index in [4.69, 9.17) is 0 Å². The van der Waals surface area contributed by atoms with Crippen molar-refractivity contribution < 1.29 is 0 Å². The lowest BCUT2D eigenvalue weighted by Crippen LogP contribution is -1.82. The summed E-state index contributed by atoms with van der Waals surface area (Å²) in [5, 5.41) is 1.24. The maximum absolute atomic E-state index is 4.59. The van der Waals surface area contributed by atoms with Crippen molar-refractivity contribution in [3.05, 3.63) is 28.8 Å². The molecule has 1 nitrogen and oxygen atoms in total. The van der Waals surface area contributed by atoms with E-state index in [1.807, 2.05) is 11.3 Å². The van der Waals surface area contributed by atoms with E-state index in [1.165, 1.54) is 15.3 Å². The van der Waals surface area contributed by atoms with E-state index in [1.54, 1.807) is 0 Å². The average molecular weight is 191 g/mol. The molecule has 1 heterocycles. The van der Waals surface area contributed by atoms with E-state index in [0.29, 0.717) is 5.92 Å². The molecule has 2 rings (SSSR count). The van der Waals surface area contributed by atoms with Gasteiger partial charge >= 0.3 is 0 Å². The fourth-order valence-electron chi connectivity index (χ4n) is 1.35. The van der Waals surface area contributed by atoms with Crippen molar-refractivity contribution in [3.8, 4) is 0 Å². The molecule has 2 heteroatoms. The molecule has 0 spiro atoms. The smallest absolute Gasteiger partial charge is 0.0964 e. The van der Waals surface area contributed by atoms with Gasteiger partial charge in [0.05, 0.1) is 15.2 Å². The standard InChI is InChI=1S/C11H13NS/c1-7(2)11-12-9-6-4-5-8(3)10(9)13-11/h4-7H,1-3H3. The third-order valence-corrected chi connectivity index (χ3v) is 3.63. The number of fused-ring (bicyclic) bond motifs is 1. The van der Waals surface area contributed by atoms with Gasteiger partial charge in [0.25, 0.3) is 0 Å². The fourth-order valence-corrected chi connectivity index (χ4v) is 2.39. The van der Waals surface area contributed by atoms with E-state index < -0.39 is 0 Å². The van der Waals surface area contributed by atoms with Crippen LogP contribution in [0.2, 0.25) is 0 Å². The second kappa shape index (κ2) is 3.11. The van der Waals surface area contributed by atoms with Gasteiger partial charge < -0.3 is 0 Å². The van der Waals surface area contributed by atoms with Crippen molar-refractivity contribution in [2.45, 2.75) is 26.7 Å². The van der Waals surface area contributed by atoms with Crippen LogP contribution in [0.1, 0.15) is 30.3 Å². The summed E-state index contributed by atoms with van der Waals surface area (Å²) in [6, 6.07) is 6.30. The summed E-state index contributed by atoms with van der Waals surface area (Å²) in [5.41, 5.74) is 2.48. The minimum atomic E-state index is 0.539. The maximum atomic E-state index is 4.59. The summed E-state index contributed by atoms with van der Waals surface area (Å²) in [4.78, 5) is 4.59. The summed E-state index contributed by atoms with van der Waals surface area (Å²) in [6.45, 7) is 6.52. The first-order chi connectivity index (χ1) is 6.18. The molecule has 0 aliphatic rings. The van der Waals surface area contributed by atoms with Gasteiger partial charge in [0.2, 0.25) is 0 Å². The largest absolute Gasteiger partial charge is 0.241 e. The van der Waals surface area contributed by atoms with Crippen LogP contribution in [0.3, 0.4) is 0 Å². The Morgan fingerprint density at radius 3 is 2.69 bits per heavy atom. The minimum Gasteiger partial charge on any atom is -0.241 e. The number of nitrogens with zero attached hydrogens (tertiary/aromatic N) is 1. The quantitative estimate of drug-likeness (QED) is 0.669. The number of benzene rings is 1. The Balaban J connectivity index is 2.68. The van der Waals surface area contributed by atoms with E-state index in [-0.39, 0.29) is 0 Å². The maximum Gasteiger partial charge on any atom is 0.0964 e. The molecule has 1 aromatic carbocycles. The van der Waals surface area contributed by atoms with Crippen LogP contribution >= 0.6 is 11.3 Å². The Morgan fingerprint density at radius 2 is 2.08 bits per heavy atom. The third kappa shape index (κ3) is 1.46. The van der Waals surface area contributed by atoms with Gasteiger partial charge in [-0.15, -0.1) is 11.3 Å². The van der Waals surface area contributed by atoms with Gasteiger partial charge in [-0.1, -0.05) is 26.0 Å². The summed E-state index contributed by atoms with van der Waals surface area (Å²) in [6.07, 6.45) is 0. The molecule has 0 unspecified atom stereocenters. The second-order valence-corrected chi connectivity index (χ2v) is 4.66. The molecule has 0 N–H and O–H groups in total. The number of thiazole rings is 1. The third-order valence-electron chi connectivity index (χ3n) is 2.12. The van der Waals surface area contributed by atoms with Crippen molar-refractivity contribution in [1.29, 1.82) is 0 Å². The first-order valence-electron chi connectivity index (χ1n) is 4.54. The Morgan fingerprint density at radius 1 is 1.31 bits per heavy atom. The highest BCUT2D eigenvalue weighted by atomic mass is 32.1. The summed E-state index contributed by atoms with van der Waals surface area (Å²) < 4.78 is 1.34. The Hall–Kier alpha value is -0.890. The van der Waals surface area contributed by atoms with Crippen molar-refractivity contribution in [2.24, 2.45) is 0 Å². The van der Waals surface area contributed by atoms with Crippen LogP contribution in [-0.4, -0.2) is 4.98 Å². The normalized spacial score (nSPS) is 11.4. The lowest BCUT2D eigenvalue weighted by Gasteiger charge is -1.94. The predicted molar refractivity (Wildman–Crippen MR) is 58.4 cm³/mol. The fraction of sp³-hybridized carbons (Fsp3) is 0.364. The topological polar surface area (TPSA) is 12.9 Å². The number of hydrogen-bond acceptors (Lipinski definition) is 2. The van der Waals surface area contributed by atoms with E-state index in [2.05, 4.69) is 44.0 Å². The zero-order valence-corrected chi connectivity index (χ0v) is 8.98. The minimum absolute atomic E-state index is 0.539. The van der Waals surface area contributed by atoms with Crippen molar-refractivity contribution >= 4 is 21.6 Å². The number of rotatable bonds is 1. The monoisotopic (exact) mass is 191 g/mol. The molecule has 68 valence electrons. The van der Waals surface area contributed by atoms with Crippen LogP contribution in [0, 0.1) is 6.92 Å². The van der Waals surface area contributed by atoms with E-state index >= 15 is 0 Å². The molecule has 0 aliphatic heterocycles. The van der Waals surface area contributed by atoms with Gasteiger partial charge in [0.1, 0.15) is 0 Å². The summed E-state index contributed by atoms with van der Waals surface area (Å²) in [7, 11) is 0. The molecule has 2 aromatic rings. The molecule has 0 bridgehead atoms. The lowest BCUT2D eigenvalue weighted by molar-refractivity contribution is 0.857. The van der Waals surface area contributed by atoms with Crippen LogP contribution in [0.4, 0.5) is 0 Å². The number of aromatic nitrogens is 1.